The zero-order valence-corrected chi connectivity index (χ0v) is 11.3. The van der Waals surface area contributed by atoms with E-state index in [4.69, 9.17) is 10.00 Å². The molecule has 0 saturated carbocycles. The molecule has 0 fully saturated rings. The molecule has 1 aromatic rings. The largest absolute Gasteiger partial charge is 0.465 e. The van der Waals surface area contributed by atoms with Crippen molar-refractivity contribution in [1.29, 1.82) is 5.26 Å². The maximum atomic E-state index is 11.7. The molecule has 90 valence electrons. The lowest BCUT2D eigenvalue weighted by molar-refractivity contribution is -0.151. The molecule has 0 aliphatic carbocycles. The van der Waals surface area contributed by atoms with Crippen LogP contribution >= 0.6 is 15.9 Å². The summed E-state index contributed by atoms with van der Waals surface area (Å²) in [7, 11) is 0. The van der Waals surface area contributed by atoms with Crippen LogP contribution in [0.2, 0.25) is 0 Å². The van der Waals surface area contributed by atoms with Gasteiger partial charge in [0, 0.05) is 23.3 Å². The van der Waals surface area contributed by atoms with Gasteiger partial charge < -0.3 is 4.74 Å². The normalized spacial score (nSPS) is 13.5. The summed E-state index contributed by atoms with van der Waals surface area (Å²) in [6, 6.07) is 3.85. The van der Waals surface area contributed by atoms with Crippen molar-refractivity contribution in [3.63, 3.8) is 0 Å². The molecule has 0 bridgehead atoms. The average Bonchev–Trinajstić information content (AvgIpc) is 2.29. The number of nitrogens with zero attached hydrogens (tertiary/aromatic N) is 2. The Morgan fingerprint density at radius 2 is 2.35 bits per heavy atom. The predicted octanol–water partition coefficient (Wildman–Crippen LogP) is 2.48. The first kappa shape index (κ1) is 13.7. The van der Waals surface area contributed by atoms with E-state index in [-0.39, 0.29) is 13.0 Å². The van der Waals surface area contributed by atoms with E-state index < -0.39 is 11.4 Å². The highest BCUT2D eigenvalue weighted by molar-refractivity contribution is 9.10. The van der Waals surface area contributed by atoms with Crippen LogP contribution in [0, 0.1) is 16.7 Å². The van der Waals surface area contributed by atoms with E-state index in [2.05, 4.69) is 20.9 Å². The summed E-state index contributed by atoms with van der Waals surface area (Å²) < 4.78 is 5.73. The van der Waals surface area contributed by atoms with Gasteiger partial charge in [0.15, 0.2) is 5.41 Å². The molecule has 0 spiro atoms. The number of carbonyl (C=O) groups is 1. The Kier molecular flexibility index (Phi) is 4.64. The molecule has 5 heteroatoms. The van der Waals surface area contributed by atoms with Crippen molar-refractivity contribution in [2.75, 3.05) is 6.61 Å². The Bertz CT molecular complexity index is 456. The van der Waals surface area contributed by atoms with E-state index in [9.17, 15) is 4.79 Å². The van der Waals surface area contributed by atoms with Crippen LogP contribution in [0.5, 0.6) is 0 Å². The summed E-state index contributed by atoms with van der Waals surface area (Å²) in [6.45, 7) is 3.56. The molecule has 0 amide bonds. The highest BCUT2D eigenvalue weighted by atomic mass is 79.9. The second-order valence-corrected chi connectivity index (χ2v) is 4.77. The number of esters is 1. The quantitative estimate of drug-likeness (QED) is 0.801. The van der Waals surface area contributed by atoms with E-state index in [0.29, 0.717) is 0 Å². The molecular formula is C12H13BrN2O2. The van der Waals surface area contributed by atoms with Crippen molar-refractivity contribution in [3.05, 3.63) is 28.5 Å². The lowest BCUT2D eigenvalue weighted by Crippen LogP contribution is -2.30. The number of rotatable bonds is 4. The molecule has 0 aliphatic rings. The number of hydrogen-bond donors (Lipinski definition) is 0. The summed E-state index contributed by atoms with van der Waals surface area (Å²) >= 11 is 3.30. The van der Waals surface area contributed by atoms with E-state index >= 15 is 0 Å². The van der Waals surface area contributed by atoms with E-state index in [1.165, 1.54) is 0 Å². The summed E-state index contributed by atoms with van der Waals surface area (Å²) in [5.74, 6) is -0.498. The van der Waals surface area contributed by atoms with Crippen molar-refractivity contribution in [3.8, 4) is 6.07 Å². The molecule has 1 unspecified atom stereocenters. The summed E-state index contributed by atoms with van der Waals surface area (Å²) in [6.07, 6.45) is 3.58. The number of hydrogen-bond acceptors (Lipinski definition) is 4. The third kappa shape index (κ3) is 3.53. The number of halogens is 1. The first-order chi connectivity index (χ1) is 8.01. The fraction of sp³-hybridized carbons (Fsp3) is 0.417. The number of ether oxygens (including phenoxy) is 1. The molecule has 0 aliphatic heterocycles. The maximum Gasteiger partial charge on any atom is 0.326 e. The lowest BCUT2D eigenvalue weighted by atomic mass is 9.86. The first-order valence-electron chi connectivity index (χ1n) is 5.19. The Balaban J connectivity index is 2.90. The third-order valence-electron chi connectivity index (χ3n) is 2.29. The molecule has 1 heterocycles. The minimum absolute atomic E-state index is 0.271. The van der Waals surface area contributed by atoms with Gasteiger partial charge in [0.2, 0.25) is 0 Å². The predicted molar refractivity (Wildman–Crippen MR) is 66.0 cm³/mol. The van der Waals surface area contributed by atoms with Gasteiger partial charge in [-0.25, -0.2) is 0 Å². The highest BCUT2D eigenvalue weighted by Gasteiger charge is 2.35. The van der Waals surface area contributed by atoms with Gasteiger partial charge in [-0.1, -0.05) is 0 Å². The Hall–Kier alpha value is -1.41. The first-order valence-corrected chi connectivity index (χ1v) is 5.99. The minimum atomic E-state index is -1.17. The van der Waals surface area contributed by atoms with Crippen LogP contribution in [0.25, 0.3) is 0 Å². The van der Waals surface area contributed by atoms with Crippen molar-refractivity contribution in [2.45, 2.75) is 20.3 Å². The Labute approximate surface area is 109 Å². The fourth-order valence-electron chi connectivity index (χ4n) is 1.41. The van der Waals surface area contributed by atoms with Crippen LogP contribution in [0.1, 0.15) is 19.4 Å². The Morgan fingerprint density at radius 1 is 1.65 bits per heavy atom. The zero-order chi connectivity index (χ0) is 12.9. The Morgan fingerprint density at radius 3 is 2.88 bits per heavy atom. The van der Waals surface area contributed by atoms with Crippen molar-refractivity contribution in [2.24, 2.45) is 5.41 Å². The second-order valence-electron chi connectivity index (χ2n) is 3.85. The standard InChI is InChI=1S/C12H13BrN2O2/c1-3-17-11(16)12(2,8-14)5-9-4-10(13)7-15-6-9/h4,6-7H,3,5H2,1-2H3. The van der Waals surface area contributed by atoms with Crippen molar-refractivity contribution >= 4 is 21.9 Å². The molecule has 0 aromatic carbocycles. The topological polar surface area (TPSA) is 63.0 Å². The molecule has 0 N–H and O–H groups in total. The van der Waals surface area contributed by atoms with Crippen molar-refractivity contribution in [1.82, 2.24) is 4.98 Å². The maximum absolute atomic E-state index is 11.7. The molecule has 1 atom stereocenters. The number of carbonyl (C=O) groups excluding carboxylic acids is 1. The van der Waals surface area contributed by atoms with Gasteiger partial charge in [0.05, 0.1) is 12.7 Å². The van der Waals surface area contributed by atoms with E-state index in [0.717, 1.165) is 10.0 Å². The summed E-state index contributed by atoms with van der Waals surface area (Å²) in [5.41, 5.74) is -0.352. The van der Waals surface area contributed by atoms with Crippen LogP contribution in [0.3, 0.4) is 0 Å². The molecule has 0 radical (unpaired) electrons. The molecule has 17 heavy (non-hydrogen) atoms. The molecule has 4 nitrogen and oxygen atoms in total. The van der Waals surface area contributed by atoms with Gasteiger partial charge in [0.25, 0.3) is 0 Å². The van der Waals surface area contributed by atoms with E-state index in [1.807, 2.05) is 12.1 Å². The SMILES string of the molecule is CCOC(=O)C(C)(C#N)Cc1cncc(Br)c1. The van der Waals surface area contributed by atoms with Crippen molar-refractivity contribution < 1.29 is 9.53 Å². The summed E-state index contributed by atoms with van der Waals surface area (Å²) in [5, 5.41) is 9.13. The molecule has 1 rings (SSSR count). The monoisotopic (exact) mass is 296 g/mol. The second kappa shape index (κ2) is 5.78. The van der Waals surface area contributed by atoms with Crippen LogP contribution in [-0.4, -0.2) is 17.6 Å². The van der Waals surface area contributed by atoms with Gasteiger partial charge >= 0.3 is 5.97 Å². The smallest absolute Gasteiger partial charge is 0.326 e. The zero-order valence-electron chi connectivity index (χ0n) is 9.74. The van der Waals surface area contributed by atoms with Gasteiger partial charge in [0.1, 0.15) is 0 Å². The van der Waals surface area contributed by atoms with Gasteiger partial charge in [-0.15, -0.1) is 0 Å². The summed E-state index contributed by atoms with van der Waals surface area (Å²) in [4.78, 5) is 15.7. The number of pyridine rings is 1. The van der Waals surface area contributed by atoms with E-state index in [1.54, 1.807) is 26.2 Å². The average molecular weight is 297 g/mol. The van der Waals surface area contributed by atoms with Crippen LogP contribution < -0.4 is 0 Å². The van der Waals surface area contributed by atoms with Gasteiger partial charge in [-0.05, 0) is 41.4 Å². The lowest BCUT2D eigenvalue weighted by Gasteiger charge is -2.19. The van der Waals surface area contributed by atoms with Gasteiger partial charge in [-0.2, -0.15) is 5.26 Å². The van der Waals surface area contributed by atoms with Crippen LogP contribution in [0.4, 0.5) is 0 Å². The number of aromatic nitrogens is 1. The van der Waals surface area contributed by atoms with Crippen LogP contribution in [0.15, 0.2) is 22.9 Å². The molecule has 0 saturated heterocycles. The fourth-order valence-corrected chi connectivity index (χ4v) is 1.82. The minimum Gasteiger partial charge on any atom is -0.465 e. The molecular weight excluding hydrogens is 284 g/mol. The number of nitriles is 1. The molecule has 1 aromatic heterocycles. The third-order valence-corrected chi connectivity index (χ3v) is 2.73. The van der Waals surface area contributed by atoms with Gasteiger partial charge in [-0.3, -0.25) is 9.78 Å². The highest BCUT2D eigenvalue weighted by Crippen LogP contribution is 2.24. The van der Waals surface area contributed by atoms with Crippen LogP contribution in [-0.2, 0) is 16.0 Å².